The lowest BCUT2D eigenvalue weighted by Crippen LogP contribution is -2.32. The molecule has 1 unspecified atom stereocenters. The maximum Gasteiger partial charge on any atom is 0.328 e. The number of hydrogen-bond donors (Lipinski definition) is 2. The fourth-order valence-corrected chi connectivity index (χ4v) is 0.766. The van der Waals surface area contributed by atoms with Gasteiger partial charge in [0.05, 0.1) is 0 Å². The molecule has 0 aliphatic rings. The Hall–Kier alpha value is -1.32. The average molecular weight is 213 g/mol. The van der Waals surface area contributed by atoms with Gasteiger partial charge in [0, 0.05) is 18.7 Å². The van der Waals surface area contributed by atoms with Crippen molar-refractivity contribution in [3.8, 4) is 0 Å². The van der Waals surface area contributed by atoms with E-state index in [4.69, 9.17) is 5.11 Å². The van der Waals surface area contributed by atoms with Gasteiger partial charge in [0.25, 0.3) is 0 Å². The molecular formula is C11H19NO3. The SMILES string of the molecule is CC(CNC(=O)/C=C/C(=O)O)C(C)(C)C. The Balaban J connectivity index is 3.97. The lowest BCUT2D eigenvalue weighted by Gasteiger charge is -2.27. The van der Waals surface area contributed by atoms with Crippen molar-refractivity contribution in [1.29, 1.82) is 0 Å². The Morgan fingerprint density at radius 1 is 1.33 bits per heavy atom. The fraction of sp³-hybridized carbons (Fsp3) is 0.636. The Labute approximate surface area is 90.4 Å². The molecule has 0 bridgehead atoms. The third-order valence-corrected chi connectivity index (χ3v) is 2.44. The van der Waals surface area contributed by atoms with Crippen LogP contribution < -0.4 is 5.32 Å². The van der Waals surface area contributed by atoms with E-state index in [1.54, 1.807) is 0 Å². The van der Waals surface area contributed by atoms with Crippen molar-refractivity contribution in [2.45, 2.75) is 27.7 Å². The van der Waals surface area contributed by atoms with Gasteiger partial charge in [-0.15, -0.1) is 0 Å². The van der Waals surface area contributed by atoms with Crippen LogP contribution in [0.25, 0.3) is 0 Å². The highest BCUT2D eigenvalue weighted by Gasteiger charge is 2.19. The summed E-state index contributed by atoms with van der Waals surface area (Å²) in [5, 5.41) is 11.0. The number of carbonyl (C=O) groups excluding carboxylic acids is 1. The molecule has 0 aromatic carbocycles. The van der Waals surface area contributed by atoms with E-state index in [1.807, 2.05) is 6.92 Å². The Morgan fingerprint density at radius 2 is 1.87 bits per heavy atom. The lowest BCUT2D eigenvalue weighted by atomic mass is 9.82. The van der Waals surface area contributed by atoms with Crippen molar-refractivity contribution < 1.29 is 14.7 Å². The predicted octanol–water partition coefficient (Wildman–Crippen LogP) is 1.43. The van der Waals surface area contributed by atoms with Crippen molar-refractivity contribution in [2.75, 3.05) is 6.54 Å². The molecule has 0 aromatic rings. The molecule has 0 radical (unpaired) electrons. The minimum atomic E-state index is -1.12. The van der Waals surface area contributed by atoms with Crippen molar-refractivity contribution in [2.24, 2.45) is 11.3 Å². The molecule has 1 atom stereocenters. The molecule has 0 aromatic heterocycles. The molecule has 2 N–H and O–H groups in total. The minimum Gasteiger partial charge on any atom is -0.478 e. The summed E-state index contributed by atoms with van der Waals surface area (Å²) in [6, 6.07) is 0. The van der Waals surface area contributed by atoms with E-state index in [-0.39, 0.29) is 11.3 Å². The van der Waals surface area contributed by atoms with Gasteiger partial charge < -0.3 is 10.4 Å². The zero-order chi connectivity index (χ0) is 12.1. The van der Waals surface area contributed by atoms with Crippen LogP contribution in [0, 0.1) is 11.3 Å². The van der Waals surface area contributed by atoms with E-state index >= 15 is 0 Å². The number of hydrogen-bond acceptors (Lipinski definition) is 2. The molecule has 0 fully saturated rings. The van der Waals surface area contributed by atoms with Crippen LogP contribution in [0.1, 0.15) is 27.7 Å². The minimum absolute atomic E-state index is 0.129. The first-order valence-corrected chi connectivity index (χ1v) is 4.92. The van der Waals surface area contributed by atoms with Crippen LogP contribution in [-0.4, -0.2) is 23.5 Å². The molecule has 0 heterocycles. The zero-order valence-electron chi connectivity index (χ0n) is 9.70. The summed E-state index contributed by atoms with van der Waals surface area (Å²) in [6.07, 6.45) is 1.86. The fourth-order valence-electron chi connectivity index (χ4n) is 0.766. The van der Waals surface area contributed by atoms with Gasteiger partial charge in [0.1, 0.15) is 0 Å². The van der Waals surface area contributed by atoms with Crippen LogP contribution in [0.3, 0.4) is 0 Å². The highest BCUT2D eigenvalue weighted by molar-refractivity contribution is 5.93. The highest BCUT2D eigenvalue weighted by atomic mass is 16.4. The van der Waals surface area contributed by atoms with Gasteiger partial charge in [-0.1, -0.05) is 27.7 Å². The molecule has 15 heavy (non-hydrogen) atoms. The van der Waals surface area contributed by atoms with E-state index in [0.29, 0.717) is 12.5 Å². The number of carboxylic acids is 1. The average Bonchev–Trinajstić information content (AvgIpc) is 2.09. The van der Waals surface area contributed by atoms with Gasteiger partial charge in [-0.05, 0) is 11.3 Å². The van der Waals surface area contributed by atoms with Gasteiger partial charge in [-0.2, -0.15) is 0 Å². The summed E-state index contributed by atoms with van der Waals surface area (Å²) in [4.78, 5) is 21.3. The van der Waals surface area contributed by atoms with E-state index in [1.165, 1.54) is 0 Å². The first kappa shape index (κ1) is 13.7. The molecule has 4 heteroatoms. The second-order valence-corrected chi connectivity index (χ2v) is 4.68. The normalized spacial score (nSPS) is 13.9. The van der Waals surface area contributed by atoms with Crippen LogP contribution in [0.2, 0.25) is 0 Å². The standard InChI is InChI=1S/C11H19NO3/c1-8(11(2,3)4)7-12-9(13)5-6-10(14)15/h5-6,8H,7H2,1-4H3,(H,12,13)(H,14,15)/b6-5+. The lowest BCUT2D eigenvalue weighted by molar-refractivity contribution is -0.131. The van der Waals surface area contributed by atoms with Crippen molar-refractivity contribution in [3.05, 3.63) is 12.2 Å². The third-order valence-electron chi connectivity index (χ3n) is 2.44. The van der Waals surface area contributed by atoms with Gasteiger partial charge in [-0.3, -0.25) is 4.79 Å². The molecule has 0 aliphatic carbocycles. The van der Waals surface area contributed by atoms with Crippen LogP contribution in [0.5, 0.6) is 0 Å². The predicted molar refractivity (Wildman–Crippen MR) is 58.4 cm³/mol. The monoisotopic (exact) mass is 213 g/mol. The number of rotatable bonds is 4. The molecule has 0 aliphatic heterocycles. The van der Waals surface area contributed by atoms with Crippen LogP contribution >= 0.6 is 0 Å². The molecule has 0 saturated heterocycles. The van der Waals surface area contributed by atoms with E-state index < -0.39 is 5.97 Å². The summed E-state index contributed by atoms with van der Waals surface area (Å²) in [6.45, 7) is 8.87. The Morgan fingerprint density at radius 3 is 2.27 bits per heavy atom. The van der Waals surface area contributed by atoms with Gasteiger partial charge in [0.15, 0.2) is 0 Å². The van der Waals surface area contributed by atoms with Crippen molar-refractivity contribution >= 4 is 11.9 Å². The molecule has 0 spiro atoms. The summed E-state index contributed by atoms with van der Waals surface area (Å²) in [5.74, 6) is -1.15. The largest absolute Gasteiger partial charge is 0.478 e. The first-order chi connectivity index (χ1) is 6.73. The molecule has 4 nitrogen and oxygen atoms in total. The van der Waals surface area contributed by atoms with Gasteiger partial charge in [-0.25, -0.2) is 4.79 Å². The van der Waals surface area contributed by atoms with E-state index in [9.17, 15) is 9.59 Å². The Bertz CT molecular complexity index is 263. The van der Waals surface area contributed by atoms with Crippen molar-refractivity contribution in [1.82, 2.24) is 5.32 Å². The highest BCUT2D eigenvalue weighted by Crippen LogP contribution is 2.24. The Kier molecular flexibility index (Phi) is 5.05. The molecule has 0 saturated carbocycles. The molecular weight excluding hydrogens is 194 g/mol. The molecule has 1 amide bonds. The topological polar surface area (TPSA) is 66.4 Å². The van der Waals surface area contributed by atoms with Gasteiger partial charge in [0.2, 0.25) is 5.91 Å². The zero-order valence-corrected chi connectivity index (χ0v) is 9.70. The van der Waals surface area contributed by atoms with E-state index in [0.717, 1.165) is 12.2 Å². The molecule has 0 rings (SSSR count). The molecule has 86 valence electrons. The summed E-state index contributed by atoms with van der Waals surface area (Å²) in [5.41, 5.74) is 0.129. The summed E-state index contributed by atoms with van der Waals surface area (Å²) < 4.78 is 0. The van der Waals surface area contributed by atoms with Crippen LogP contribution in [-0.2, 0) is 9.59 Å². The number of aliphatic carboxylic acids is 1. The number of carboxylic acid groups (broad SMARTS) is 1. The second kappa shape index (κ2) is 5.53. The number of nitrogens with one attached hydrogen (secondary N) is 1. The number of amides is 1. The summed E-state index contributed by atoms with van der Waals surface area (Å²) >= 11 is 0. The maximum absolute atomic E-state index is 11.1. The third kappa shape index (κ3) is 6.71. The first-order valence-electron chi connectivity index (χ1n) is 4.92. The van der Waals surface area contributed by atoms with Crippen LogP contribution in [0.15, 0.2) is 12.2 Å². The quantitative estimate of drug-likeness (QED) is 0.694. The van der Waals surface area contributed by atoms with E-state index in [2.05, 4.69) is 26.1 Å². The van der Waals surface area contributed by atoms with Crippen molar-refractivity contribution in [3.63, 3.8) is 0 Å². The van der Waals surface area contributed by atoms with Gasteiger partial charge >= 0.3 is 5.97 Å². The summed E-state index contributed by atoms with van der Waals surface area (Å²) in [7, 11) is 0. The maximum atomic E-state index is 11.1. The number of carbonyl (C=O) groups is 2. The van der Waals surface area contributed by atoms with Crippen LogP contribution in [0.4, 0.5) is 0 Å². The smallest absolute Gasteiger partial charge is 0.328 e. The second-order valence-electron chi connectivity index (χ2n) is 4.68.